The van der Waals surface area contributed by atoms with Crippen LogP contribution in [0.1, 0.15) is 32.6 Å². The molecule has 1 heterocycles. The molecule has 0 bridgehead atoms. The average molecular weight is 265 g/mol. The number of carbonyl (C=O) groups is 3. The Morgan fingerprint density at radius 1 is 1.32 bits per heavy atom. The Morgan fingerprint density at radius 2 is 2.00 bits per heavy atom. The SMILES string of the molecule is CCN(CCN1C(=O)NC(=O)C2(CC2)C1=O)C1CC1. The minimum atomic E-state index is -0.912. The number of amides is 4. The van der Waals surface area contributed by atoms with E-state index in [9.17, 15) is 14.4 Å². The Kier molecular flexibility index (Phi) is 2.85. The van der Waals surface area contributed by atoms with E-state index in [2.05, 4.69) is 17.1 Å². The van der Waals surface area contributed by atoms with E-state index in [1.54, 1.807) is 0 Å². The number of carbonyl (C=O) groups excluding carboxylic acids is 3. The summed E-state index contributed by atoms with van der Waals surface area (Å²) in [7, 11) is 0. The number of hydrogen-bond donors (Lipinski definition) is 1. The van der Waals surface area contributed by atoms with E-state index >= 15 is 0 Å². The normalized spacial score (nSPS) is 25.2. The fourth-order valence-electron chi connectivity index (χ4n) is 2.77. The average Bonchev–Trinajstić information content (AvgIpc) is 3.26. The molecule has 1 saturated heterocycles. The van der Waals surface area contributed by atoms with Crippen LogP contribution in [0.15, 0.2) is 0 Å². The molecule has 3 aliphatic rings. The summed E-state index contributed by atoms with van der Waals surface area (Å²) >= 11 is 0. The highest BCUT2D eigenvalue weighted by Crippen LogP contribution is 2.48. The lowest BCUT2D eigenvalue weighted by atomic mass is 10.0. The predicted octanol–water partition coefficient (Wildman–Crippen LogP) is 0.329. The van der Waals surface area contributed by atoms with Crippen LogP contribution in [0.5, 0.6) is 0 Å². The Morgan fingerprint density at radius 3 is 2.53 bits per heavy atom. The van der Waals surface area contributed by atoms with Gasteiger partial charge in [0.1, 0.15) is 5.41 Å². The summed E-state index contributed by atoms with van der Waals surface area (Å²) in [5.74, 6) is -0.707. The second-order valence-electron chi connectivity index (χ2n) is 5.66. The molecule has 0 radical (unpaired) electrons. The molecule has 3 rings (SSSR count). The molecule has 104 valence electrons. The maximum atomic E-state index is 12.2. The van der Waals surface area contributed by atoms with E-state index in [0.29, 0.717) is 32.0 Å². The Bertz CT molecular complexity index is 440. The zero-order chi connectivity index (χ0) is 13.6. The summed E-state index contributed by atoms with van der Waals surface area (Å²) in [4.78, 5) is 39.2. The van der Waals surface area contributed by atoms with Crippen molar-refractivity contribution in [1.29, 1.82) is 0 Å². The van der Waals surface area contributed by atoms with Gasteiger partial charge in [0, 0.05) is 19.1 Å². The van der Waals surface area contributed by atoms with Gasteiger partial charge in [0.2, 0.25) is 11.8 Å². The standard InChI is InChI=1S/C13H19N3O3/c1-2-15(9-3-4-9)7-8-16-11(18)13(5-6-13)10(17)14-12(16)19/h9H,2-8H2,1H3,(H,14,17,19). The van der Waals surface area contributed by atoms with Crippen molar-refractivity contribution in [2.45, 2.75) is 38.6 Å². The molecule has 0 aromatic rings. The van der Waals surface area contributed by atoms with E-state index in [1.807, 2.05) is 0 Å². The molecule has 2 aliphatic carbocycles. The first-order valence-corrected chi connectivity index (χ1v) is 7.00. The maximum absolute atomic E-state index is 12.2. The lowest BCUT2D eigenvalue weighted by molar-refractivity contribution is -0.144. The first kappa shape index (κ1) is 12.6. The number of urea groups is 1. The van der Waals surface area contributed by atoms with Gasteiger partial charge in [-0.15, -0.1) is 0 Å². The Labute approximate surface area is 112 Å². The summed E-state index contributed by atoms with van der Waals surface area (Å²) in [6.45, 7) is 4.09. The van der Waals surface area contributed by atoms with E-state index in [4.69, 9.17) is 0 Å². The highest BCUT2D eigenvalue weighted by atomic mass is 16.2. The van der Waals surface area contributed by atoms with Crippen LogP contribution in [-0.2, 0) is 9.59 Å². The van der Waals surface area contributed by atoms with Gasteiger partial charge in [0.05, 0.1) is 0 Å². The van der Waals surface area contributed by atoms with Crippen molar-refractivity contribution >= 4 is 17.8 Å². The number of imide groups is 2. The summed E-state index contributed by atoms with van der Waals surface area (Å²) in [6, 6.07) is 0.0591. The van der Waals surface area contributed by atoms with Gasteiger partial charge in [0.25, 0.3) is 0 Å². The molecule has 6 heteroatoms. The minimum Gasteiger partial charge on any atom is -0.299 e. The number of likely N-dealkylation sites (N-methyl/N-ethyl adjacent to an activating group) is 1. The highest BCUT2D eigenvalue weighted by molar-refractivity contribution is 6.20. The molecule has 0 unspecified atom stereocenters. The molecular weight excluding hydrogens is 246 g/mol. The van der Waals surface area contributed by atoms with Crippen molar-refractivity contribution in [2.75, 3.05) is 19.6 Å². The maximum Gasteiger partial charge on any atom is 0.330 e. The third-order valence-corrected chi connectivity index (χ3v) is 4.39. The van der Waals surface area contributed by atoms with E-state index in [-0.39, 0.29) is 5.91 Å². The molecule has 2 saturated carbocycles. The Hall–Kier alpha value is -1.43. The number of rotatable bonds is 5. The molecule has 6 nitrogen and oxygen atoms in total. The molecule has 0 aromatic carbocycles. The van der Waals surface area contributed by atoms with Gasteiger partial charge in [-0.3, -0.25) is 24.7 Å². The summed E-state index contributed by atoms with van der Waals surface area (Å²) in [5, 5.41) is 2.31. The number of nitrogens with zero attached hydrogens (tertiary/aromatic N) is 2. The Balaban J connectivity index is 1.64. The first-order valence-electron chi connectivity index (χ1n) is 7.00. The van der Waals surface area contributed by atoms with Crippen LogP contribution >= 0.6 is 0 Å². The molecular formula is C13H19N3O3. The second kappa shape index (κ2) is 4.30. The van der Waals surface area contributed by atoms with Crippen molar-refractivity contribution in [2.24, 2.45) is 5.41 Å². The lowest BCUT2D eigenvalue weighted by Crippen LogP contribution is -2.60. The van der Waals surface area contributed by atoms with Crippen molar-refractivity contribution in [1.82, 2.24) is 15.1 Å². The monoisotopic (exact) mass is 265 g/mol. The molecule has 1 aliphatic heterocycles. The van der Waals surface area contributed by atoms with Gasteiger partial charge in [-0.05, 0) is 32.2 Å². The molecule has 1 N–H and O–H groups in total. The molecule has 0 atom stereocenters. The molecule has 1 spiro atoms. The van der Waals surface area contributed by atoms with Crippen molar-refractivity contribution in [3.8, 4) is 0 Å². The van der Waals surface area contributed by atoms with Crippen molar-refractivity contribution in [3.05, 3.63) is 0 Å². The smallest absolute Gasteiger partial charge is 0.299 e. The topological polar surface area (TPSA) is 69.7 Å². The summed E-state index contributed by atoms with van der Waals surface area (Å²) in [6.07, 6.45) is 3.55. The van der Waals surface area contributed by atoms with Gasteiger partial charge in [-0.1, -0.05) is 6.92 Å². The minimum absolute atomic E-state index is 0.298. The zero-order valence-electron chi connectivity index (χ0n) is 11.1. The highest BCUT2D eigenvalue weighted by Gasteiger charge is 2.62. The number of hydrogen-bond acceptors (Lipinski definition) is 4. The predicted molar refractivity (Wildman–Crippen MR) is 67.2 cm³/mol. The number of nitrogens with one attached hydrogen (secondary N) is 1. The lowest BCUT2D eigenvalue weighted by Gasteiger charge is -2.32. The van der Waals surface area contributed by atoms with Crippen LogP contribution in [-0.4, -0.2) is 53.3 Å². The summed E-state index contributed by atoms with van der Waals surface area (Å²) in [5.41, 5.74) is -0.912. The fraction of sp³-hybridized carbons (Fsp3) is 0.769. The van der Waals surface area contributed by atoms with Gasteiger partial charge in [-0.25, -0.2) is 4.79 Å². The van der Waals surface area contributed by atoms with Crippen LogP contribution in [0.4, 0.5) is 4.79 Å². The van der Waals surface area contributed by atoms with Gasteiger partial charge < -0.3 is 0 Å². The van der Waals surface area contributed by atoms with Crippen LogP contribution < -0.4 is 5.32 Å². The zero-order valence-corrected chi connectivity index (χ0v) is 11.1. The van der Waals surface area contributed by atoms with Crippen LogP contribution in [0.3, 0.4) is 0 Å². The van der Waals surface area contributed by atoms with Crippen molar-refractivity contribution < 1.29 is 14.4 Å². The summed E-state index contributed by atoms with van der Waals surface area (Å²) < 4.78 is 0. The molecule has 0 aromatic heterocycles. The largest absolute Gasteiger partial charge is 0.330 e. The van der Waals surface area contributed by atoms with Gasteiger partial charge >= 0.3 is 6.03 Å². The van der Waals surface area contributed by atoms with Crippen LogP contribution in [0.2, 0.25) is 0 Å². The van der Waals surface area contributed by atoms with Crippen LogP contribution in [0, 0.1) is 5.41 Å². The van der Waals surface area contributed by atoms with Gasteiger partial charge in [-0.2, -0.15) is 0 Å². The third kappa shape index (κ3) is 2.04. The molecule has 19 heavy (non-hydrogen) atoms. The fourth-order valence-corrected chi connectivity index (χ4v) is 2.77. The first-order chi connectivity index (χ1) is 9.08. The van der Waals surface area contributed by atoms with E-state index in [1.165, 1.54) is 17.7 Å². The quantitative estimate of drug-likeness (QED) is 0.727. The van der Waals surface area contributed by atoms with E-state index < -0.39 is 17.4 Å². The molecule has 3 fully saturated rings. The van der Waals surface area contributed by atoms with E-state index in [0.717, 1.165) is 6.54 Å². The molecule has 4 amide bonds. The third-order valence-electron chi connectivity index (χ3n) is 4.39. The van der Waals surface area contributed by atoms with Crippen molar-refractivity contribution in [3.63, 3.8) is 0 Å². The number of barbiturate groups is 1. The second-order valence-corrected chi connectivity index (χ2v) is 5.66. The van der Waals surface area contributed by atoms with Gasteiger partial charge in [0.15, 0.2) is 0 Å². The van der Waals surface area contributed by atoms with Crippen LogP contribution in [0.25, 0.3) is 0 Å².